The molecule has 0 radical (unpaired) electrons. The van der Waals surface area contributed by atoms with Gasteiger partial charge in [0, 0.05) is 27.9 Å². The van der Waals surface area contributed by atoms with Gasteiger partial charge in [-0.1, -0.05) is 29.8 Å². The van der Waals surface area contributed by atoms with Gasteiger partial charge in [-0.3, -0.25) is 0 Å². The Labute approximate surface area is 115 Å². The van der Waals surface area contributed by atoms with Crippen molar-refractivity contribution in [3.63, 3.8) is 0 Å². The Morgan fingerprint density at radius 1 is 1.26 bits per heavy atom. The predicted octanol–water partition coefficient (Wildman–Crippen LogP) is 2.64. The molecular weight excluding hydrogens is 262 g/mol. The molecule has 3 rings (SSSR count). The van der Waals surface area contributed by atoms with Crippen LogP contribution in [0.3, 0.4) is 0 Å². The van der Waals surface area contributed by atoms with Crippen molar-refractivity contribution in [3.8, 4) is 11.1 Å². The van der Waals surface area contributed by atoms with Crippen LogP contribution in [-0.4, -0.2) is 14.6 Å². The Balaban J connectivity index is 2.32. The third kappa shape index (κ3) is 1.93. The fourth-order valence-electron chi connectivity index (χ4n) is 2.06. The van der Waals surface area contributed by atoms with Crippen LogP contribution in [-0.2, 0) is 0 Å². The number of fused-ring (bicyclic) bond motifs is 1. The minimum Gasteiger partial charge on any atom is -0.308 e. The number of nitrogen functional groups attached to an aromatic ring is 1. The lowest BCUT2D eigenvalue weighted by Crippen LogP contribution is -2.12. The van der Waals surface area contributed by atoms with Gasteiger partial charge in [-0.15, -0.1) is 0 Å². The molecule has 0 atom stereocenters. The molecule has 0 aliphatic heterocycles. The number of nitrogens with one attached hydrogen (secondary N) is 1. The number of aryl methyl sites for hydroxylation is 1. The lowest BCUT2D eigenvalue weighted by molar-refractivity contribution is 0.927. The van der Waals surface area contributed by atoms with E-state index in [1.165, 1.54) is 0 Å². The fourth-order valence-corrected chi connectivity index (χ4v) is 2.29. The van der Waals surface area contributed by atoms with Crippen molar-refractivity contribution in [2.24, 2.45) is 5.84 Å². The number of hydrogen-bond donors (Lipinski definition) is 2. The molecule has 0 unspecified atom stereocenters. The van der Waals surface area contributed by atoms with E-state index < -0.39 is 0 Å². The molecule has 6 heteroatoms. The van der Waals surface area contributed by atoms with Gasteiger partial charge in [-0.2, -0.15) is 9.61 Å². The topological polar surface area (TPSA) is 68.2 Å². The monoisotopic (exact) mass is 273 g/mol. The summed E-state index contributed by atoms with van der Waals surface area (Å²) in [6.45, 7) is 1.91. The minimum absolute atomic E-state index is 0.669. The van der Waals surface area contributed by atoms with E-state index >= 15 is 0 Å². The molecular formula is C13H12ClN5. The highest BCUT2D eigenvalue weighted by atomic mass is 35.5. The Morgan fingerprint density at radius 3 is 2.79 bits per heavy atom. The number of hydrazine groups is 1. The fraction of sp³-hybridized carbons (Fsp3) is 0.0769. The van der Waals surface area contributed by atoms with Crippen LogP contribution in [0.15, 0.2) is 36.5 Å². The molecule has 0 bridgehead atoms. The van der Waals surface area contributed by atoms with Gasteiger partial charge in [0.05, 0.1) is 6.20 Å². The van der Waals surface area contributed by atoms with Crippen molar-refractivity contribution in [1.29, 1.82) is 0 Å². The van der Waals surface area contributed by atoms with Gasteiger partial charge in [0.25, 0.3) is 0 Å². The zero-order valence-electron chi connectivity index (χ0n) is 10.3. The van der Waals surface area contributed by atoms with E-state index in [1.54, 1.807) is 10.7 Å². The molecule has 2 heterocycles. The maximum absolute atomic E-state index is 6.22. The molecule has 0 amide bonds. The predicted molar refractivity (Wildman–Crippen MR) is 76.0 cm³/mol. The Kier molecular flexibility index (Phi) is 2.85. The van der Waals surface area contributed by atoms with Crippen LogP contribution >= 0.6 is 11.6 Å². The van der Waals surface area contributed by atoms with E-state index in [0.717, 1.165) is 22.5 Å². The molecule has 3 aromatic rings. The Hall–Kier alpha value is -2.11. The van der Waals surface area contributed by atoms with Crippen molar-refractivity contribution >= 4 is 23.1 Å². The van der Waals surface area contributed by atoms with Crippen molar-refractivity contribution < 1.29 is 0 Å². The van der Waals surface area contributed by atoms with Crippen molar-refractivity contribution in [3.05, 3.63) is 47.2 Å². The lowest BCUT2D eigenvalue weighted by Gasteiger charge is -2.06. The summed E-state index contributed by atoms with van der Waals surface area (Å²) >= 11 is 6.22. The minimum atomic E-state index is 0.669. The molecule has 19 heavy (non-hydrogen) atoms. The average molecular weight is 274 g/mol. The molecule has 0 saturated heterocycles. The zero-order chi connectivity index (χ0) is 13.4. The normalized spacial score (nSPS) is 10.9. The third-order valence-corrected chi connectivity index (χ3v) is 3.24. The smallest absolute Gasteiger partial charge is 0.165 e. The van der Waals surface area contributed by atoms with Crippen LogP contribution in [0.2, 0.25) is 5.02 Å². The first-order valence-corrected chi connectivity index (χ1v) is 6.15. The summed E-state index contributed by atoms with van der Waals surface area (Å²) < 4.78 is 1.66. The molecule has 96 valence electrons. The second-order valence-corrected chi connectivity index (χ2v) is 4.61. The second-order valence-electron chi connectivity index (χ2n) is 4.20. The molecule has 0 saturated carbocycles. The maximum atomic E-state index is 6.22. The first-order valence-electron chi connectivity index (χ1n) is 5.77. The van der Waals surface area contributed by atoms with Gasteiger partial charge in [0.1, 0.15) is 5.82 Å². The molecule has 0 aliphatic carbocycles. The summed E-state index contributed by atoms with van der Waals surface area (Å²) in [5, 5.41) is 4.97. The van der Waals surface area contributed by atoms with Crippen LogP contribution in [0.1, 0.15) is 5.69 Å². The maximum Gasteiger partial charge on any atom is 0.165 e. The number of nitrogens with zero attached hydrogens (tertiary/aromatic N) is 3. The van der Waals surface area contributed by atoms with E-state index in [2.05, 4.69) is 15.5 Å². The summed E-state index contributed by atoms with van der Waals surface area (Å²) in [7, 11) is 0. The van der Waals surface area contributed by atoms with Crippen LogP contribution in [0.5, 0.6) is 0 Å². The number of halogens is 1. The molecule has 2 aromatic heterocycles. The largest absolute Gasteiger partial charge is 0.308 e. The number of benzene rings is 1. The Morgan fingerprint density at radius 2 is 2.05 bits per heavy atom. The first-order chi connectivity index (χ1) is 9.20. The van der Waals surface area contributed by atoms with Gasteiger partial charge in [-0.05, 0) is 13.0 Å². The third-order valence-electron chi connectivity index (χ3n) is 2.91. The highest BCUT2D eigenvalue weighted by Crippen LogP contribution is 2.30. The van der Waals surface area contributed by atoms with E-state index in [9.17, 15) is 0 Å². The van der Waals surface area contributed by atoms with E-state index in [0.29, 0.717) is 10.8 Å². The molecule has 3 N–H and O–H groups in total. The molecule has 0 fully saturated rings. The van der Waals surface area contributed by atoms with E-state index in [4.69, 9.17) is 17.4 Å². The van der Waals surface area contributed by atoms with Crippen molar-refractivity contribution in [2.45, 2.75) is 6.92 Å². The van der Waals surface area contributed by atoms with Crippen LogP contribution in [0.25, 0.3) is 16.8 Å². The molecule has 5 nitrogen and oxygen atoms in total. The SMILES string of the molecule is Cc1cc(NN)n2ncc(-c3ccccc3Cl)c2n1. The number of rotatable bonds is 2. The molecule has 0 aliphatic rings. The number of hydrogen-bond acceptors (Lipinski definition) is 4. The lowest BCUT2D eigenvalue weighted by atomic mass is 10.1. The van der Waals surface area contributed by atoms with Gasteiger partial charge < -0.3 is 5.43 Å². The molecule has 1 aromatic carbocycles. The quantitative estimate of drug-likeness (QED) is 0.556. The first kappa shape index (κ1) is 12.0. The van der Waals surface area contributed by atoms with Crippen LogP contribution < -0.4 is 11.3 Å². The summed E-state index contributed by atoms with van der Waals surface area (Å²) in [5.41, 5.74) is 5.98. The summed E-state index contributed by atoms with van der Waals surface area (Å²) in [4.78, 5) is 4.51. The summed E-state index contributed by atoms with van der Waals surface area (Å²) in [5.74, 6) is 6.18. The van der Waals surface area contributed by atoms with Gasteiger partial charge in [0.2, 0.25) is 0 Å². The average Bonchev–Trinajstić information content (AvgIpc) is 2.82. The molecule has 0 spiro atoms. The van der Waals surface area contributed by atoms with Crippen molar-refractivity contribution in [2.75, 3.05) is 5.43 Å². The van der Waals surface area contributed by atoms with Gasteiger partial charge in [0.15, 0.2) is 5.65 Å². The second kappa shape index (κ2) is 4.53. The highest BCUT2D eigenvalue weighted by molar-refractivity contribution is 6.33. The van der Waals surface area contributed by atoms with Crippen LogP contribution in [0.4, 0.5) is 5.82 Å². The zero-order valence-corrected chi connectivity index (χ0v) is 11.0. The summed E-state index contributed by atoms with van der Waals surface area (Å²) in [6, 6.07) is 9.44. The summed E-state index contributed by atoms with van der Waals surface area (Å²) in [6.07, 6.45) is 1.74. The standard InChI is InChI=1S/C13H12ClN5/c1-8-6-12(18-15)19-13(17-8)10(7-16-19)9-4-2-3-5-11(9)14/h2-7,18H,15H2,1H3. The Bertz CT molecular complexity index is 750. The number of nitrogens with two attached hydrogens (primary N) is 1. The number of aromatic nitrogens is 3. The highest BCUT2D eigenvalue weighted by Gasteiger charge is 2.13. The van der Waals surface area contributed by atoms with Crippen molar-refractivity contribution in [1.82, 2.24) is 14.6 Å². The number of anilines is 1. The van der Waals surface area contributed by atoms with Gasteiger partial charge >= 0.3 is 0 Å². The van der Waals surface area contributed by atoms with Gasteiger partial charge in [-0.25, -0.2) is 10.8 Å². The van der Waals surface area contributed by atoms with E-state index in [-0.39, 0.29) is 0 Å². The van der Waals surface area contributed by atoms with Crippen LogP contribution in [0, 0.1) is 6.92 Å². The van der Waals surface area contributed by atoms with E-state index in [1.807, 2.05) is 37.3 Å².